The van der Waals surface area contributed by atoms with Crippen LogP contribution in [0.3, 0.4) is 0 Å². The van der Waals surface area contributed by atoms with Crippen molar-refractivity contribution in [2.24, 2.45) is 11.5 Å². The van der Waals surface area contributed by atoms with Crippen LogP contribution in [-0.2, 0) is 5.60 Å². The molecule has 2 unspecified atom stereocenters. The zero-order valence-electron chi connectivity index (χ0n) is 17.7. The molecule has 7 nitrogen and oxygen atoms in total. The third kappa shape index (κ3) is 3.67. The van der Waals surface area contributed by atoms with Crippen molar-refractivity contribution in [1.29, 1.82) is 0 Å². The average Bonchev–Trinajstić information content (AvgIpc) is 3.12. The van der Waals surface area contributed by atoms with Crippen LogP contribution in [0.25, 0.3) is 11.1 Å². The number of halogens is 3. The molecule has 0 radical (unpaired) electrons. The van der Waals surface area contributed by atoms with Gasteiger partial charge >= 0.3 is 0 Å². The standard InChI is InChI=1S/C24H21ClF2N2O5/c25-20-14(26)10-16-18(22(31)24(11-28,34-16)12-4-2-1-3-5-12)19(20)17-13(23(29)32)6-7-15(21(17)27)33-9-8-30/h1-7,10,22,30-31H,8-9,11,28H2,(H2,29,32). The monoisotopic (exact) mass is 490 g/mol. The molecule has 2 atom stereocenters. The van der Waals surface area contributed by atoms with Gasteiger partial charge in [0.05, 0.1) is 17.2 Å². The normalized spacial score (nSPS) is 18.9. The highest BCUT2D eigenvalue weighted by atomic mass is 35.5. The first-order chi connectivity index (χ1) is 16.3. The van der Waals surface area contributed by atoms with Crippen molar-refractivity contribution >= 4 is 17.5 Å². The maximum Gasteiger partial charge on any atom is 0.249 e. The van der Waals surface area contributed by atoms with Gasteiger partial charge in [0.25, 0.3) is 0 Å². The minimum Gasteiger partial charge on any atom is -0.488 e. The molecule has 0 aromatic heterocycles. The predicted molar refractivity (Wildman–Crippen MR) is 121 cm³/mol. The summed E-state index contributed by atoms with van der Waals surface area (Å²) in [6.45, 7) is -0.848. The van der Waals surface area contributed by atoms with Crippen LogP contribution in [0.1, 0.15) is 27.6 Å². The molecule has 4 rings (SSSR count). The number of nitrogens with two attached hydrogens (primary N) is 2. The Kier molecular flexibility index (Phi) is 6.46. The SMILES string of the molecule is NCC1(c2ccccc2)Oc2cc(F)c(Cl)c(-c3c(C(N)=O)ccc(OCCO)c3F)c2C1O. The van der Waals surface area contributed by atoms with Gasteiger partial charge in [0.2, 0.25) is 5.91 Å². The van der Waals surface area contributed by atoms with Gasteiger partial charge in [0.15, 0.2) is 17.2 Å². The molecular formula is C24H21ClF2N2O5. The van der Waals surface area contributed by atoms with Gasteiger partial charge in [-0.15, -0.1) is 0 Å². The van der Waals surface area contributed by atoms with E-state index in [0.29, 0.717) is 5.56 Å². The van der Waals surface area contributed by atoms with Crippen LogP contribution in [0.2, 0.25) is 5.02 Å². The number of hydrogen-bond donors (Lipinski definition) is 4. The molecule has 1 amide bonds. The second-order valence-electron chi connectivity index (χ2n) is 7.66. The lowest BCUT2D eigenvalue weighted by Crippen LogP contribution is -2.42. The zero-order valence-corrected chi connectivity index (χ0v) is 18.5. The Bertz CT molecular complexity index is 1260. The fourth-order valence-corrected chi connectivity index (χ4v) is 4.44. The highest BCUT2D eigenvalue weighted by molar-refractivity contribution is 6.34. The summed E-state index contributed by atoms with van der Waals surface area (Å²) in [5.41, 5.74) is 9.32. The third-order valence-electron chi connectivity index (χ3n) is 5.77. The van der Waals surface area contributed by atoms with Crippen LogP contribution < -0.4 is 20.9 Å². The van der Waals surface area contributed by atoms with Gasteiger partial charge in [-0.2, -0.15) is 0 Å². The van der Waals surface area contributed by atoms with Gasteiger partial charge in [-0.25, -0.2) is 8.78 Å². The minimum absolute atomic E-state index is 0.0542. The number of ether oxygens (including phenoxy) is 2. The van der Waals surface area contributed by atoms with Gasteiger partial charge < -0.3 is 31.2 Å². The highest BCUT2D eigenvalue weighted by Gasteiger charge is 2.51. The van der Waals surface area contributed by atoms with Gasteiger partial charge in [-0.1, -0.05) is 41.9 Å². The summed E-state index contributed by atoms with van der Waals surface area (Å²) in [6, 6.07) is 11.9. The van der Waals surface area contributed by atoms with Gasteiger partial charge in [-0.3, -0.25) is 4.79 Å². The van der Waals surface area contributed by atoms with Crippen molar-refractivity contribution < 1.29 is 33.3 Å². The van der Waals surface area contributed by atoms with Crippen LogP contribution in [0, 0.1) is 11.6 Å². The summed E-state index contributed by atoms with van der Waals surface area (Å²) in [6.07, 6.45) is -1.51. The summed E-state index contributed by atoms with van der Waals surface area (Å²) >= 11 is 6.29. The van der Waals surface area contributed by atoms with Crippen LogP contribution in [0.5, 0.6) is 11.5 Å². The molecule has 1 heterocycles. The van der Waals surface area contributed by atoms with Crippen molar-refractivity contribution in [3.8, 4) is 22.6 Å². The first-order valence-electron chi connectivity index (χ1n) is 10.3. The fourth-order valence-electron chi connectivity index (χ4n) is 4.18. The number of hydrogen-bond acceptors (Lipinski definition) is 6. The molecule has 1 aliphatic rings. The quantitative estimate of drug-likeness (QED) is 0.403. The number of benzene rings is 3. The molecule has 3 aromatic carbocycles. The van der Waals surface area contributed by atoms with Gasteiger partial charge in [0, 0.05) is 29.3 Å². The molecule has 6 N–H and O–H groups in total. The summed E-state index contributed by atoms with van der Waals surface area (Å²) in [5, 5.41) is 19.9. The summed E-state index contributed by atoms with van der Waals surface area (Å²) in [7, 11) is 0. The Morgan fingerprint density at radius 1 is 1.18 bits per heavy atom. The minimum atomic E-state index is -1.52. The number of primary amides is 1. The molecule has 34 heavy (non-hydrogen) atoms. The number of aliphatic hydroxyl groups excluding tert-OH is 2. The van der Waals surface area contributed by atoms with Gasteiger partial charge in [0.1, 0.15) is 24.3 Å². The van der Waals surface area contributed by atoms with E-state index in [1.54, 1.807) is 30.3 Å². The maximum atomic E-state index is 15.7. The first kappa shape index (κ1) is 23.9. The molecular weight excluding hydrogens is 470 g/mol. The van der Waals surface area contributed by atoms with Crippen molar-refractivity contribution in [2.45, 2.75) is 11.7 Å². The second kappa shape index (κ2) is 9.19. The van der Waals surface area contributed by atoms with Crippen LogP contribution in [0.4, 0.5) is 8.78 Å². The van der Waals surface area contributed by atoms with E-state index in [1.807, 2.05) is 0 Å². The Morgan fingerprint density at radius 3 is 2.50 bits per heavy atom. The topological polar surface area (TPSA) is 128 Å². The van der Waals surface area contributed by atoms with E-state index in [1.165, 1.54) is 6.07 Å². The smallest absolute Gasteiger partial charge is 0.249 e. The highest BCUT2D eigenvalue weighted by Crippen LogP contribution is 2.55. The van der Waals surface area contributed by atoms with Crippen LogP contribution in [-0.4, -0.2) is 35.9 Å². The molecule has 0 spiro atoms. The molecule has 10 heteroatoms. The number of rotatable bonds is 7. The molecule has 1 aliphatic heterocycles. The molecule has 0 aliphatic carbocycles. The second-order valence-corrected chi connectivity index (χ2v) is 8.04. The Balaban J connectivity index is 2.02. The Morgan fingerprint density at radius 2 is 1.88 bits per heavy atom. The average molecular weight is 491 g/mol. The number of carbonyl (C=O) groups is 1. The van der Waals surface area contributed by atoms with E-state index in [9.17, 15) is 14.3 Å². The molecule has 3 aromatic rings. The van der Waals surface area contributed by atoms with Crippen molar-refractivity contribution in [1.82, 2.24) is 0 Å². The largest absolute Gasteiger partial charge is 0.488 e. The lowest BCUT2D eigenvalue weighted by atomic mass is 9.83. The molecule has 0 saturated heterocycles. The number of aliphatic hydroxyl groups is 2. The Labute approximate surface area is 198 Å². The number of amides is 1. The lowest BCUT2D eigenvalue weighted by Gasteiger charge is -2.31. The summed E-state index contributed by atoms with van der Waals surface area (Å²) < 4.78 is 41.8. The van der Waals surface area contributed by atoms with E-state index >= 15 is 4.39 Å². The third-order valence-corrected chi connectivity index (χ3v) is 6.14. The predicted octanol–water partition coefficient (Wildman–Crippen LogP) is 3.04. The number of carbonyl (C=O) groups excluding carboxylic acids is 1. The van der Waals surface area contributed by atoms with Gasteiger partial charge in [-0.05, 0) is 17.7 Å². The van der Waals surface area contributed by atoms with Crippen LogP contribution >= 0.6 is 11.6 Å². The Hall–Kier alpha value is -3.24. The molecule has 0 bridgehead atoms. The van der Waals surface area contributed by atoms with E-state index < -0.39 is 46.4 Å². The van der Waals surface area contributed by atoms with E-state index in [0.717, 1.165) is 12.1 Å². The summed E-state index contributed by atoms with van der Waals surface area (Å²) in [4.78, 5) is 12.2. The first-order valence-corrected chi connectivity index (χ1v) is 10.7. The van der Waals surface area contributed by atoms with Crippen molar-refractivity contribution in [3.63, 3.8) is 0 Å². The lowest BCUT2D eigenvalue weighted by molar-refractivity contribution is -0.0256. The van der Waals surface area contributed by atoms with Crippen molar-refractivity contribution in [3.05, 3.63) is 81.9 Å². The zero-order chi connectivity index (χ0) is 24.6. The maximum absolute atomic E-state index is 15.7. The molecule has 0 saturated carbocycles. The molecule has 0 fully saturated rings. The fraction of sp³-hybridized carbons (Fsp3) is 0.208. The van der Waals surface area contributed by atoms with E-state index in [-0.39, 0.29) is 41.3 Å². The van der Waals surface area contributed by atoms with Crippen molar-refractivity contribution in [2.75, 3.05) is 19.8 Å². The van der Waals surface area contributed by atoms with E-state index in [4.69, 9.17) is 37.6 Å². The van der Waals surface area contributed by atoms with Crippen LogP contribution in [0.15, 0.2) is 48.5 Å². The van der Waals surface area contributed by atoms with E-state index in [2.05, 4.69) is 0 Å². The summed E-state index contributed by atoms with van der Waals surface area (Å²) in [5.74, 6) is -3.50. The number of fused-ring (bicyclic) bond motifs is 1. The molecule has 178 valence electrons.